The monoisotopic (exact) mass is 465 g/mol. The van der Waals surface area contributed by atoms with Crippen molar-refractivity contribution in [3.63, 3.8) is 0 Å². The van der Waals surface area contributed by atoms with Crippen molar-refractivity contribution in [1.82, 2.24) is 20.4 Å². The van der Waals surface area contributed by atoms with Crippen molar-refractivity contribution < 1.29 is 9.53 Å². The number of carbonyl (C=O) groups excluding carboxylic acids is 1. The summed E-state index contributed by atoms with van der Waals surface area (Å²) in [5, 5.41) is 13.6. The van der Waals surface area contributed by atoms with E-state index in [-0.39, 0.29) is 11.5 Å². The summed E-state index contributed by atoms with van der Waals surface area (Å²) < 4.78 is 5.53. The molecule has 182 valence electrons. The molecule has 8 heteroatoms. The summed E-state index contributed by atoms with van der Waals surface area (Å²) in [5.74, 6) is 0.839. The molecule has 0 aromatic carbocycles. The van der Waals surface area contributed by atoms with Gasteiger partial charge in [-0.1, -0.05) is 43.9 Å². The number of hydrogen-bond acceptors (Lipinski definition) is 7. The zero-order chi connectivity index (χ0) is 23.0. The summed E-state index contributed by atoms with van der Waals surface area (Å²) >= 11 is 1.57. The molecule has 1 amide bonds. The van der Waals surface area contributed by atoms with E-state index in [4.69, 9.17) is 4.74 Å². The molecule has 1 unspecified atom stereocenters. The molecule has 1 atom stereocenters. The van der Waals surface area contributed by atoms with E-state index in [1.807, 2.05) is 0 Å². The van der Waals surface area contributed by atoms with Gasteiger partial charge in [-0.05, 0) is 52.0 Å². The van der Waals surface area contributed by atoms with Gasteiger partial charge in [0.1, 0.15) is 5.01 Å². The van der Waals surface area contributed by atoms with Crippen molar-refractivity contribution in [2.45, 2.75) is 90.2 Å². The number of anilines is 1. The Kier molecular flexibility index (Phi) is 9.74. The van der Waals surface area contributed by atoms with Crippen LogP contribution in [0.1, 0.15) is 77.1 Å². The highest BCUT2D eigenvalue weighted by molar-refractivity contribution is 7.15. The number of carbonyl (C=O) groups is 1. The molecule has 2 fully saturated rings. The van der Waals surface area contributed by atoms with E-state index in [9.17, 15) is 4.79 Å². The third-order valence-corrected chi connectivity index (χ3v) is 8.08. The lowest BCUT2D eigenvalue weighted by atomic mass is 9.95. The zero-order valence-electron chi connectivity index (χ0n) is 20.6. The molecule has 2 heterocycles. The Balaban J connectivity index is 1.32. The average Bonchev–Trinajstić information content (AvgIpc) is 3.45. The van der Waals surface area contributed by atoms with Gasteiger partial charge < -0.3 is 15.0 Å². The van der Waals surface area contributed by atoms with Crippen molar-refractivity contribution in [3.8, 4) is 0 Å². The van der Waals surface area contributed by atoms with Gasteiger partial charge in [-0.3, -0.25) is 9.69 Å². The SMILES string of the molecule is COC(C)(C)CCCC(C)CCN1CCN(c2nnc(CC(=O)NC3CCCC3)s2)CC1. The van der Waals surface area contributed by atoms with Crippen molar-refractivity contribution in [2.24, 2.45) is 5.92 Å². The van der Waals surface area contributed by atoms with Crippen LogP contribution in [-0.2, 0) is 16.0 Å². The maximum absolute atomic E-state index is 12.3. The molecule has 0 bridgehead atoms. The summed E-state index contributed by atoms with van der Waals surface area (Å²) in [4.78, 5) is 17.1. The molecular weight excluding hydrogens is 422 g/mol. The molecule has 1 aliphatic carbocycles. The number of nitrogens with zero attached hydrogens (tertiary/aromatic N) is 4. The van der Waals surface area contributed by atoms with E-state index in [2.05, 4.69) is 46.1 Å². The number of piperazine rings is 1. The highest BCUT2D eigenvalue weighted by Gasteiger charge is 2.22. The Hall–Kier alpha value is -1.25. The number of methoxy groups -OCH3 is 1. The van der Waals surface area contributed by atoms with Crippen molar-refractivity contribution in [2.75, 3.05) is 44.7 Å². The molecule has 7 nitrogen and oxygen atoms in total. The normalized spacial score (nSPS) is 19.4. The number of hydrogen-bond donors (Lipinski definition) is 1. The first-order valence-electron chi connectivity index (χ1n) is 12.5. The van der Waals surface area contributed by atoms with Gasteiger partial charge in [-0.15, -0.1) is 10.2 Å². The van der Waals surface area contributed by atoms with Gasteiger partial charge in [0, 0.05) is 39.3 Å². The third kappa shape index (κ3) is 8.27. The number of ether oxygens (including phenoxy) is 1. The standard InChI is InChI=1S/C24H43N5O2S/c1-19(8-7-12-24(2,3)31-4)11-13-28-14-16-29(17-15-28)23-27-26-22(32-23)18-21(30)25-20-9-5-6-10-20/h19-20H,5-18H2,1-4H3,(H,25,30). The second-order valence-corrected chi connectivity index (χ2v) is 11.3. The molecule has 0 radical (unpaired) electrons. The molecule has 3 rings (SSSR count). The number of rotatable bonds is 12. The van der Waals surface area contributed by atoms with Crippen LogP contribution in [0.5, 0.6) is 0 Å². The lowest BCUT2D eigenvalue weighted by molar-refractivity contribution is -0.121. The van der Waals surface area contributed by atoms with Crippen LogP contribution < -0.4 is 10.2 Å². The number of aromatic nitrogens is 2. The van der Waals surface area contributed by atoms with E-state index in [0.717, 1.165) is 61.5 Å². The van der Waals surface area contributed by atoms with Gasteiger partial charge in [0.15, 0.2) is 0 Å². The van der Waals surface area contributed by atoms with Gasteiger partial charge in [0.25, 0.3) is 0 Å². The molecule has 1 saturated carbocycles. The van der Waals surface area contributed by atoms with Crippen LogP contribution in [0.25, 0.3) is 0 Å². The predicted octanol–water partition coefficient (Wildman–Crippen LogP) is 3.88. The molecule has 1 aromatic rings. The lowest BCUT2D eigenvalue weighted by Gasteiger charge is -2.34. The maximum atomic E-state index is 12.3. The topological polar surface area (TPSA) is 70.6 Å². The van der Waals surface area contributed by atoms with Gasteiger partial charge in [-0.25, -0.2) is 0 Å². The molecule has 1 aromatic heterocycles. The minimum absolute atomic E-state index is 0.000354. The minimum atomic E-state index is 0.000354. The molecular formula is C24H43N5O2S. The first-order valence-corrected chi connectivity index (χ1v) is 13.3. The van der Waals surface area contributed by atoms with Crippen LogP contribution in [-0.4, -0.2) is 72.5 Å². The Morgan fingerprint density at radius 2 is 1.91 bits per heavy atom. The van der Waals surface area contributed by atoms with E-state index in [0.29, 0.717) is 12.5 Å². The molecule has 1 N–H and O–H groups in total. The third-order valence-electron chi connectivity index (χ3n) is 7.10. The lowest BCUT2D eigenvalue weighted by Crippen LogP contribution is -2.46. The van der Waals surface area contributed by atoms with Gasteiger partial charge in [0.2, 0.25) is 11.0 Å². The molecule has 32 heavy (non-hydrogen) atoms. The second-order valence-electron chi connectivity index (χ2n) is 10.3. The summed E-state index contributed by atoms with van der Waals surface area (Å²) in [6.07, 6.45) is 9.92. The van der Waals surface area contributed by atoms with Crippen LogP contribution in [0.3, 0.4) is 0 Å². The maximum Gasteiger partial charge on any atom is 0.227 e. The second kappa shape index (κ2) is 12.3. The summed E-state index contributed by atoms with van der Waals surface area (Å²) in [6, 6.07) is 0.364. The fraction of sp³-hybridized carbons (Fsp3) is 0.875. The first-order chi connectivity index (χ1) is 15.3. The Morgan fingerprint density at radius 3 is 2.59 bits per heavy atom. The largest absolute Gasteiger partial charge is 0.379 e. The fourth-order valence-corrected chi connectivity index (χ4v) is 5.51. The summed E-state index contributed by atoms with van der Waals surface area (Å²) in [5.41, 5.74) is 0.000354. The zero-order valence-corrected chi connectivity index (χ0v) is 21.4. The van der Waals surface area contributed by atoms with Crippen molar-refractivity contribution >= 4 is 22.4 Å². The minimum Gasteiger partial charge on any atom is -0.379 e. The van der Waals surface area contributed by atoms with E-state index < -0.39 is 0 Å². The highest BCUT2D eigenvalue weighted by atomic mass is 32.1. The number of nitrogens with one attached hydrogen (secondary N) is 1. The Bertz CT molecular complexity index is 696. The van der Waals surface area contributed by atoms with Gasteiger partial charge in [0.05, 0.1) is 12.0 Å². The van der Waals surface area contributed by atoms with E-state index >= 15 is 0 Å². The summed E-state index contributed by atoms with van der Waals surface area (Å²) in [6.45, 7) is 12.0. The van der Waals surface area contributed by atoms with E-state index in [1.54, 1.807) is 18.4 Å². The molecule has 1 saturated heterocycles. The Morgan fingerprint density at radius 1 is 1.19 bits per heavy atom. The van der Waals surface area contributed by atoms with Gasteiger partial charge in [-0.2, -0.15) is 0 Å². The highest BCUT2D eigenvalue weighted by Crippen LogP contribution is 2.24. The molecule has 1 aliphatic heterocycles. The fourth-order valence-electron chi connectivity index (χ4n) is 4.62. The van der Waals surface area contributed by atoms with Crippen LogP contribution in [0.15, 0.2) is 0 Å². The first kappa shape index (κ1) is 25.4. The van der Waals surface area contributed by atoms with Crippen molar-refractivity contribution in [3.05, 3.63) is 5.01 Å². The Labute approximate surface area is 198 Å². The number of amides is 1. The van der Waals surface area contributed by atoms with Crippen LogP contribution in [0.2, 0.25) is 0 Å². The van der Waals surface area contributed by atoms with Crippen LogP contribution in [0, 0.1) is 5.92 Å². The van der Waals surface area contributed by atoms with Crippen LogP contribution >= 0.6 is 11.3 Å². The smallest absolute Gasteiger partial charge is 0.227 e. The van der Waals surface area contributed by atoms with E-state index in [1.165, 1.54) is 38.6 Å². The van der Waals surface area contributed by atoms with Gasteiger partial charge >= 0.3 is 0 Å². The molecule has 2 aliphatic rings. The average molecular weight is 466 g/mol. The quantitative estimate of drug-likeness (QED) is 0.505. The van der Waals surface area contributed by atoms with Crippen molar-refractivity contribution in [1.29, 1.82) is 0 Å². The van der Waals surface area contributed by atoms with Crippen LogP contribution in [0.4, 0.5) is 5.13 Å². The predicted molar refractivity (Wildman–Crippen MR) is 131 cm³/mol. The summed E-state index contributed by atoms with van der Waals surface area (Å²) in [7, 11) is 1.81. The molecule has 0 spiro atoms.